The lowest BCUT2D eigenvalue weighted by atomic mass is 10.1. The van der Waals surface area contributed by atoms with E-state index in [1.807, 2.05) is 25.1 Å². The van der Waals surface area contributed by atoms with Gasteiger partial charge in [-0.15, -0.1) is 0 Å². The van der Waals surface area contributed by atoms with Gasteiger partial charge in [-0.1, -0.05) is 12.1 Å². The molecule has 4 nitrogen and oxygen atoms in total. The molecule has 0 aliphatic heterocycles. The summed E-state index contributed by atoms with van der Waals surface area (Å²) in [6.07, 6.45) is 3.08. The van der Waals surface area contributed by atoms with E-state index in [4.69, 9.17) is 4.74 Å². The molecule has 0 radical (unpaired) electrons. The van der Waals surface area contributed by atoms with Crippen LogP contribution < -0.4 is 4.74 Å². The number of rotatable bonds is 1. The minimum absolute atomic E-state index is 0.141. The molecular formula is C14H12N2O2. The van der Waals surface area contributed by atoms with Crippen LogP contribution in [0.2, 0.25) is 0 Å². The molecule has 1 N–H and O–H groups in total. The number of aromatic hydroxyl groups is 1. The Morgan fingerprint density at radius 2 is 2.00 bits per heavy atom. The van der Waals surface area contributed by atoms with Gasteiger partial charge in [-0.25, -0.2) is 4.98 Å². The standard InChI is InChI=1S/C14H12N2O2/c1-8-3-4-9-11(5-8)16-14(18-2)10-6-15-7-12(17)13(9)10/h3-7,17H,1-2H3. The topological polar surface area (TPSA) is 55.2 Å². The van der Waals surface area contributed by atoms with Gasteiger partial charge in [0.2, 0.25) is 5.88 Å². The maximum Gasteiger partial charge on any atom is 0.223 e. The van der Waals surface area contributed by atoms with E-state index >= 15 is 0 Å². The van der Waals surface area contributed by atoms with Crippen LogP contribution in [-0.4, -0.2) is 22.2 Å². The molecule has 0 spiro atoms. The number of hydrogen-bond donors (Lipinski definition) is 1. The van der Waals surface area contributed by atoms with E-state index in [1.54, 1.807) is 13.3 Å². The molecule has 1 aromatic carbocycles. The summed E-state index contributed by atoms with van der Waals surface area (Å²) >= 11 is 0. The Bertz CT molecular complexity index is 753. The third-order valence-electron chi connectivity index (χ3n) is 2.99. The zero-order valence-electron chi connectivity index (χ0n) is 10.1. The van der Waals surface area contributed by atoms with Crippen molar-refractivity contribution in [3.63, 3.8) is 0 Å². The fraction of sp³-hybridized carbons (Fsp3) is 0.143. The van der Waals surface area contributed by atoms with E-state index in [0.29, 0.717) is 11.3 Å². The van der Waals surface area contributed by atoms with Crippen LogP contribution in [0.3, 0.4) is 0 Å². The molecule has 0 aliphatic rings. The molecule has 0 bridgehead atoms. The van der Waals surface area contributed by atoms with Crippen LogP contribution in [0.1, 0.15) is 5.56 Å². The lowest BCUT2D eigenvalue weighted by molar-refractivity contribution is 0.404. The quantitative estimate of drug-likeness (QED) is 0.664. The first kappa shape index (κ1) is 10.8. The molecular weight excluding hydrogens is 228 g/mol. The third kappa shape index (κ3) is 1.46. The number of fused-ring (bicyclic) bond motifs is 3. The van der Waals surface area contributed by atoms with Gasteiger partial charge in [0, 0.05) is 17.0 Å². The van der Waals surface area contributed by atoms with Crippen molar-refractivity contribution >= 4 is 21.7 Å². The van der Waals surface area contributed by atoms with Crippen LogP contribution in [-0.2, 0) is 0 Å². The molecule has 0 aliphatic carbocycles. The normalized spacial score (nSPS) is 11.0. The molecule has 0 fully saturated rings. The number of pyridine rings is 2. The predicted molar refractivity (Wildman–Crippen MR) is 70.0 cm³/mol. The summed E-state index contributed by atoms with van der Waals surface area (Å²) in [5.41, 5.74) is 1.92. The number of methoxy groups -OCH3 is 1. The minimum atomic E-state index is 0.141. The monoisotopic (exact) mass is 240 g/mol. The number of hydrogen-bond acceptors (Lipinski definition) is 4. The molecule has 0 amide bonds. The number of ether oxygens (including phenoxy) is 1. The molecule has 0 atom stereocenters. The Morgan fingerprint density at radius 1 is 1.17 bits per heavy atom. The Morgan fingerprint density at radius 3 is 2.78 bits per heavy atom. The maximum absolute atomic E-state index is 10.0. The van der Waals surface area contributed by atoms with E-state index in [-0.39, 0.29) is 5.75 Å². The average molecular weight is 240 g/mol. The van der Waals surface area contributed by atoms with Gasteiger partial charge in [0.05, 0.1) is 24.2 Å². The minimum Gasteiger partial charge on any atom is -0.506 e. The van der Waals surface area contributed by atoms with Crippen molar-refractivity contribution in [1.82, 2.24) is 9.97 Å². The summed E-state index contributed by atoms with van der Waals surface area (Å²) in [5.74, 6) is 0.619. The Kier molecular flexibility index (Phi) is 2.30. The van der Waals surface area contributed by atoms with Crippen molar-refractivity contribution in [2.45, 2.75) is 6.92 Å². The van der Waals surface area contributed by atoms with Crippen LogP contribution in [0, 0.1) is 6.92 Å². The van der Waals surface area contributed by atoms with Gasteiger partial charge in [-0.05, 0) is 18.6 Å². The van der Waals surface area contributed by atoms with Crippen molar-refractivity contribution in [1.29, 1.82) is 0 Å². The van der Waals surface area contributed by atoms with E-state index < -0.39 is 0 Å². The molecule has 0 saturated carbocycles. The molecule has 18 heavy (non-hydrogen) atoms. The summed E-state index contributed by atoms with van der Waals surface area (Å²) in [5, 5.41) is 12.4. The molecule has 0 saturated heterocycles. The first-order valence-corrected chi connectivity index (χ1v) is 5.61. The second kappa shape index (κ2) is 3.84. The first-order valence-electron chi connectivity index (χ1n) is 5.61. The summed E-state index contributed by atoms with van der Waals surface area (Å²) in [7, 11) is 1.56. The number of aromatic nitrogens is 2. The molecule has 90 valence electrons. The molecule has 2 aromatic heterocycles. The number of nitrogens with zero attached hydrogens (tertiary/aromatic N) is 2. The molecule has 0 unspecified atom stereocenters. The van der Waals surface area contributed by atoms with Crippen LogP contribution >= 0.6 is 0 Å². The molecule has 2 heterocycles. The highest BCUT2D eigenvalue weighted by molar-refractivity contribution is 6.10. The van der Waals surface area contributed by atoms with E-state index in [2.05, 4.69) is 9.97 Å². The van der Waals surface area contributed by atoms with Crippen LogP contribution in [0.15, 0.2) is 30.6 Å². The summed E-state index contributed by atoms with van der Waals surface area (Å²) < 4.78 is 5.27. The second-order valence-corrected chi connectivity index (χ2v) is 4.22. The van der Waals surface area contributed by atoms with Crippen molar-refractivity contribution < 1.29 is 9.84 Å². The van der Waals surface area contributed by atoms with Gasteiger partial charge in [0.15, 0.2) is 0 Å². The predicted octanol–water partition coefficient (Wildman–Crippen LogP) is 2.81. The molecule has 4 heteroatoms. The Hall–Kier alpha value is -2.36. The van der Waals surface area contributed by atoms with Crippen molar-refractivity contribution in [2.75, 3.05) is 7.11 Å². The van der Waals surface area contributed by atoms with E-state index in [0.717, 1.165) is 21.9 Å². The first-order chi connectivity index (χ1) is 8.70. The SMILES string of the molecule is COc1nc2cc(C)ccc2c2c(O)cncc12. The van der Waals surface area contributed by atoms with Gasteiger partial charge in [0.25, 0.3) is 0 Å². The van der Waals surface area contributed by atoms with Gasteiger partial charge < -0.3 is 9.84 Å². The second-order valence-electron chi connectivity index (χ2n) is 4.22. The summed E-state index contributed by atoms with van der Waals surface area (Å²) in [6, 6.07) is 5.92. The van der Waals surface area contributed by atoms with Gasteiger partial charge in [0.1, 0.15) is 5.75 Å². The third-order valence-corrected chi connectivity index (χ3v) is 2.99. The summed E-state index contributed by atoms with van der Waals surface area (Å²) in [6.45, 7) is 2.00. The average Bonchev–Trinajstić information content (AvgIpc) is 2.37. The highest BCUT2D eigenvalue weighted by atomic mass is 16.5. The Balaban J connectivity index is 2.59. The van der Waals surface area contributed by atoms with Crippen LogP contribution in [0.5, 0.6) is 11.6 Å². The van der Waals surface area contributed by atoms with Crippen molar-refractivity contribution in [3.05, 3.63) is 36.2 Å². The zero-order chi connectivity index (χ0) is 12.7. The van der Waals surface area contributed by atoms with Crippen molar-refractivity contribution in [2.24, 2.45) is 0 Å². The van der Waals surface area contributed by atoms with Gasteiger partial charge >= 0.3 is 0 Å². The lowest BCUT2D eigenvalue weighted by Gasteiger charge is -2.09. The zero-order valence-corrected chi connectivity index (χ0v) is 10.1. The largest absolute Gasteiger partial charge is 0.506 e. The molecule has 3 rings (SSSR count). The van der Waals surface area contributed by atoms with Crippen LogP contribution in [0.4, 0.5) is 0 Å². The van der Waals surface area contributed by atoms with E-state index in [9.17, 15) is 5.11 Å². The maximum atomic E-state index is 10.0. The van der Waals surface area contributed by atoms with Crippen molar-refractivity contribution in [3.8, 4) is 11.6 Å². The summed E-state index contributed by atoms with van der Waals surface area (Å²) in [4.78, 5) is 8.43. The van der Waals surface area contributed by atoms with E-state index in [1.165, 1.54) is 6.20 Å². The smallest absolute Gasteiger partial charge is 0.223 e. The fourth-order valence-electron chi connectivity index (χ4n) is 2.17. The highest BCUT2D eigenvalue weighted by Crippen LogP contribution is 2.35. The highest BCUT2D eigenvalue weighted by Gasteiger charge is 2.12. The van der Waals surface area contributed by atoms with Crippen LogP contribution in [0.25, 0.3) is 21.7 Å². The Labute approximate surface area is 104 Å². The number of benzene rings is 1. The fourth-order valence-corrected chi connectivity index (χ4v) is 2.17. The lowest BCUT2D eigenvalue weighted by Crippen LogP contribution is -1.92. The molecule has 3 aromatic rings. The van der Waals surface area contributed by atoms with Gasteiger partial charge in [-0.3, -0.25) is 4.98 Å². The van der Waals surface area contributed by atoms with Gasteiger partial charge in [-0.2, -0.15) is 0 Å². The number of aryl methyl sites for hydroxylation is 1.